The monoisotopic (exact) mass is 451 g/mol. The summed E-state index contributed by atoms with van der Waals surface area (Å²) < 4.78 is 2.89. The Morgan fingerprint density at radius 3 is 2.48 bits per heavy atom. The van der Waals surface area contributed by atoms with Crippen molar-refractivity contribution in [1.82, 2.24) is 9.78 Å². The highest BCUT2D eigenvalue weighted by atomic mass is 79.9. The van der Waals surface area contributed by atoms with Crippen molar-refractivity contribution in [2.45, 2.75) is 33.6 Å². The number of carbonyl (C=O) groups is 1. The molecule has 1 heterocycles. The average Bonchev–Trinajstić information content (AvgIpc) is 3.02. The second-order valence-electron chi connectivity index (χ2n) is 8.10. The smallest absolute Gasteiger partial charge is 0.313 e. The summed E-state index contributed by atoms with van der Waals surface area (Å²) in [5, 5.41) is 9.05. The van der Waals surface area contributed by atoms with Gasteiger partial charge in [-0.3, -0.25) is 0 Å². The number of hydrogen-bond acceptors (Lipinski definition) is 4. The van der Waals surface area contributed by atoms with Gasteiger partial charge in [0, 0.05) is 10.0 Å². The lowest BCUT2D eigenvalue weighted by Crippen LogP contribution is -2.29. The average molecular weight is 452 g/mol. The predicted octanol–water partition coefficient (Wildman–Crippen LogP) is 5.48. The minimum Gasteiger partial charge on any atom is -0.313 e. The van der Waals surface area contributed by atoms with Crippen molar-refractivity contribution in [3.8, 4) is 5.69 Å². The number of nitrogens with zero attached hydrogens (tertiary/aromatic N) is 3. The first-order chi connectivity index (χ1) is 13.8. The lowest BCUT2D eigenvalue weighted by atomic mass is 9.75. The number of halogens is 1. The third-order valence-corrected chi connectivity index (χ3v) is 5.58. The Kier molecular flexibility index (Phi) is 5.13. The van der Waals surface area contributed by atoms with E-state index in [1.807, 2.05) is 41.9 Å². The zero-order chi connectivity index (χ0) is 20.6. The van der Waals surface area contributed by atoms with E-state index in [1.165, 1.54) is 0 Å². The number of para-hydroxylation sites is 1. The number of aromatic nitrogens is 2. The van der Waals surface area contributed by atoms with Crippen molar-refractivity contribution in [2.75, 3.05) is 0 Å². The molecule has 0 atom stereocenters. The molecule has 0 N–H and O–H groups in total. The molecule has 5 nitrogen and oxygen atoms in total. The van der Waals surface area contributed by atoms with Crippen molar-refractivity contribution in [3.05, 3.63) is 81.6 Å². The van der Waals surface area contributed by atoms with Crippen LogP contribution in [0.15, 0.2) is 64.2 Å². The molecule has 1 aliphatic rings. The third kappa shape index (κ3) is 4.03. The molecule has 0 unspecified atom stereocenters. The Morgan fingerprint density at radius 2 is 1.79 bits per heavy atom. The van der Waals surface area contributed by atoms with Crippen LogP contribution in [0.25, 0.3) is 5.69 Å². The lowest BCUT2D eigenvalue weighted by Gasteiger charge is -2.30. The SMILES string of the molecule is Cc1nn(-c2ccccc2)c2c1/C(=N/OC(=O)c1ccc(Br)cc1)CC(C)(C)C2. The molecule has 0 spiro atoms. The molecule has 29 heavy (non-hydrogen) atoms. The van der Waals surface area contributed by atoms with Crippen molar-refractivity contribution < 1.29 is 9.63 Å². The summed E-state index contributed by atoms with van der Waals surface area (Å²) in [4.78, 5) is 17.7. The fourth-order valence-electron chi connectivity index (χ4n) is 3.77. The number of fused-ring (bicyclic) bond motifs is 1. The molecule has 2 aromatic carbocycles. The van der Waals surface area contributed by atoms with E-state index in [-0.39, 0.29) is 5.41 Å². The van der Waals surface area contributed by atoms with Crippen molar-refractivity contribution >= 4 is 27.6 Å². The maximum absolute atomic E-state index is 12.4. The molecule has 4 rings (SSSR count). The van der Waals surface area contributed by atoms with E-state index in [1.54, 1.807) is 24.3 Å². The van der Waals surface area contributed by atoms with E-state index < -0.39 is 5.97 Å². The van der Waals surface area contributed by atoms with Crippen LogP contribution in [0, 0.1) is 12.3 Å². The molecule has 0 bridgehead atoms. The topological polar surface area (TPSA) is 56.5 Å². The highest BCUT2D eigenvalue weighted by molar-refractivity contribution is 9.10. The summed E-state index contributed by atoms with van der Waals surface area (Å²) in [6, 6.07) is 17.1. The van der Waals surface area contributed by atoms with E-state index in [0.29, 0.717) is 5.56 Å². The van der Waals surface area contributed by atoms with Gasteiger partial charge < -0.3 is 4.84 Å². The normalized spacial score (nSPS) is 16.5. The van der Waals surface area contributed by atoms with Crippen LogP contribution in [-0.2, 0) is 11.3 Å². The number of carbonyl (C=O) groups excluding carboxylic acids is 1. The quantitative estimate of drug-likeness (QED) is 0.391. The first kappa shape index (κ1) is 19.6. The van der Waals surface area contributed by atoms with Gasteiger partial charge >= 0.3 is 5.97 Å². The van der Waals surface area contributed by atoms with Gasteiger partial charge in [0.15, 0.2) is 0 Å². The minimum atomic E-state index is -0.469. The summed E-state index contributed by atoms with van der Waals surface area (Å²) in [5.41, 5.74) is 5.19. The highest BCUT2D eigenvalue weighted by Crippen LogP contribution is 2.37. The van der Waals surface area contributed by atoms with Gasteiger partial charge in [-0.25, -0.2) is 9.48 Å². The van der Waals surface area contributed by atoms with E-state index in [0.717, 1.165) is 45.7 Å². The molecule has 0 saturated carbocycles. The van der Waals surface area contributed by atoms with Gasteiger partial charge in [-0.05, 0) is 61.6 Å². The highest BCUT2D eigenvalue weighted by Gasteiger charge is 2.35. The summed E-state index contributed by atoms with van der Waals surface area (Å²) in [6.07, 6.45) is 1.59. The maximum atomic E-state index is 12.4. The van der Waals surface area contributed by atoms with Gasteiger partial charge in [-0.15, -0.1) is 0 Å². The predicted molar refractivity (Wildman–Crippen MR) is 116 cm³/mol. The van der Waals surface area contributed by atoms with Crippen molar-refractivity contribution in [3.63, 3.8) is 0 Å². The van der Waals surface area contributed by atoms with Crippen LogP contribution >= 0.6 is 15.9 Å². The molecule has 0 fully saturated rings. The number of aryl methyl sites for hydroxylation is 1. The molecule has 1 aromatic heterocycles. The number of oxime groups is 1. The Morgan fingerprint density at radius 1 is 1.10 bits per heavy atom. The molecular formula is C23H22BrN3O2. The van der Waals surface area contributed by atoms with Gasteiger partial charge in [-0.2, -0.15) is 5.10 Å². The molecule has 6 heteroatoms. The van der Waals surface area contributed by atoms with Gasteiger partial charge in [0.05, 0.1) is 28.4 Å². The molecule has 148 valence electrons. The number of rotatable bonds is 3. The first-order valence-corrected chi connectivity index (χ1v) is 10.3. The summed E-state index contributed by atoms with van der Waals surface area (Å²) in [5.74, 6) is -0.469. The second-order valence-corrected chi connectivity index (χ2v) is 9.01. The van der Waals surface area contributed by atoms with Gasteiger partial charge in [0.2, 0.25) is 0 Å². The van der Waals surface area contributed by atoms with E-state index in [9.17, 15) is 4.79 Å². The number of hydrogen-bond donors (Lipinski definition) is 0. The van der Waals surface area contributed by atoms with Crippen LogP contribution in [0.2, 0.25) is 0 Å². The minimum absolute atomic E-state index is 0.0190. The van der Waals surface area contributed by atoms with E-state index in [2.05, 4.69) is 34.9 Å². The lowest BCUT2D eigenvalue weighted by molar-refractivity contribution is 0.0514. The standard InChI is InChI=1S/C23H22BrN3O2/c1-15-21-19(26-29-22(28)16-9-11-17(24)12-10-16)13-23(2,3)14-20(21)27(25-15)18-7-5-4-6-8-18/h4-12H,13-14H2,1-3H3/b26-19+. The van der Waals surface area contributed by atoms with Gasteiger partial charge in [-0.1, -0.05) is 53.1 Å². The van der Waals surface area contributed by atoms with E-state index >= 15 is 0 Å². The van der Waals surface area contributed by atoms with Gasteiger partial charge in [0.25, 0.3) is 0 Å². The second kappa shape index (κ2) is 7.59. The fraction of sp³-hybridized carbons (Fsp3) is 0.261. The van der Waals surface area contributed by atoms with Crippen LogP contribution in [0.3, 0.4) is 0 Å². The Balaban J connectivity index is 1.71. The Hall–Kier alpha value is -2.73. The molecule has 0 amide bonds. The largest absolute Gasteiger partial charge is 0.365 e. The fourth-order valence-corrected chi connectivity index (χ4v) is 4.03. The molecular weight excluding hydrogens is 430 g/mol. The molecule has 0 radical (unpaired) electrons. The Labute approximate surface area is 178 Å². The van der Waals surface area contributed by atoms with Crippen molar-refractivity contribution in [2.24, 2.45) is 10.6 Å². The van der Waals surface area contributed by atoms with Crippen LogP contribution in [0.1, 0.15) is 47.6 Å². The zero-order valence-corrected chi connectivity index (χ0v) is 18.2. The summed E-state index contributed by atoms with van der Waals surface area (Å²) in [6.45, 7) is 6.36. The van der Waals surface area contributed by atoms with Gasteiger partial charge in [0.1, 0.15) is 0 Å². The molecule has 3 aromatic rings. The molecule has 0 aliphatic heterocycles. The molecule has 0 saturated heterocycles. The zero-order valence-electron chi connectivity index (χ0n) is 16.6. The van der Waals surface area contributed by atoms with Crippen LogP contribution in [0.4, 0.5) is 0 Å². The number of benzene rings is 2. The summed E-state index contributed by atoms with van der Waals surface area (Å²) in [7, 11) is 0. The Bertz CT molecular complexity index is 1080. The first-order valence-electron chi connectivity index (χ1n) is 9.52. The van der Waals surface area contributed by atoms with Crippen LogP contribution in [0.5, 0.6) is 0 Å². The molecule has 1 aliphatic carbocycles. The van der Waals surface area contributed by atoms with Crippen LogP contribution < -0.4 is 0 Å². The van der Waals surface area contributed by atoms with E-state index in [4.69, 9.17) is 9.94 Å². The van der Waals surface area contributed by atoms with Crippen LogP contribution in [-0.4, -0.2) is 21.5 Å². The maximum Gasteiger partial charge on any atom is 0.365 e. The van der Waals surface area contributed by atoms with Crippen molar-refractivity contribution in [1.29, 1.82) is 0 Å². The third-order valence-electron chi connectivity index (χ3n) is 5.06. The summed E-state index contributed by atoms with van der Waals surface area (Å²) >= 11 is 3.37.